The first-order valence-corrected chi connectivity index (χ1v) is 6.57. The Bertz CT molecular complexity index is 581. The van der Waals surface area contributed by atoms with Crippen LogP contribution < -0.4 is 5.32 Å². The first-order chi connectivity index (χ1) is 8.58. The third-order valence-electron chi connectivity index (χ3n) is 2.51. The van der Waals surface area contributed by atoms with Crippen molar-refractivity contribution in [1.82, 2.24) is 0 Å². The van der Waals surface area contributed by atoms with E-state index >= 15 is 0 Å². The van der Waals surface area contributed by atoms with Crippen molar-refractivity contribution in [2.24, 2.45) is 0 Å². The van der Waals surface area contributed by atoms with E-state index in [-0.39, 0.29) is 5.91 Å². The number of carbonyl (C=O) groups is 1. The van der Waals surface area contributed by atoms with E-state index in [2.05, 4.69) is 21.2 Å². The van der Waals surface area contributed by atoms with E-state index in [9.17, 15) is 4.79 Å². The van der Waals surface area contributed by atoms with Crippen molar-refractivity contribution >= 4 is 39.1 Å². The lowest BCUT2D eigenvalue weighted by molar-refractivity contribution is 0.102. The van der Waals surface area contributed by atoms with Crippen molar-refractivity contribution in [1.29, 1.82) is 0 Å². The Kier molecular flexibility index (Phi) is 4.04. The number of hydrogen-bond acceptors (Lipinski definition) is 1. The molecule has 0 aliphatic heterocycles. The molecule has 0 fully saturated rings. The van der Waals surface area contributed by atoms with Gasteiger partial charge in [0.05, 0.1) is 10.6 Å². The van der Waals surface area contributed by atoms with Crippen LogP contribution in [0.3, 0.4) is 0 Å². The molecular weight excluding hydrogens is 314 g/mol. The summed E-state index contributed by atoms with van der Waals surface area (Å²) in [6.07, 6.45) is 0. The Labute approximate surface area is 119 Å². The number of amides is 1. The third-order valence-corrected chi connectivity index (χ3v) is 3.80. The maximum atomic E-state index is 12.1. The predicted octanol–water partition coefficient (Wildman–Crippen LogP) is 4.66. The summed E-state index contributed by atoms with van der Waals surface area (Å²) >= 11 is 9.37. The van der Waals surface area contributed by atoms with Gasteiger partial charge in [0.25, 0.3) is 5.91 Å². The summed E-state index contributed by atoms with van der Waals surface area (Å²) in [6.45, 7) is 2.00. The second-order valence-electron chi connectivity index (χ2n) is 3.92. The maximum absolute atomic E-state index is 12.1. The van der Waals surface area contributed by atoms with Crippen molar-refractivity contribution in [3.05, 3.63) is 63.1 Å². The summed E-state index contributed by atoms with van der Waals surface area (Å²) in [5.41, 5.74) is 2.35. The Morgan fingerprint density at radius 2 is 1.83 bits per heavy atom. The van der Waals surface area contributed by atoms with E-state index in [1.807, 2.05) is 31.2 Å². The molecule has 0 bridgehead atoms. The van der Waals surface area contributed by atoms with Gasteiger partial charge in [-0.3, -0.25) is 4.79 Å². The van der Waals surface area contributed by atoms with Crippen LogP contribution >= 0.6 is 27.5 Å². The van der Waals surface area contributed by atoms with E-state index in [4.69, 9.17) is 11.6 Å². The van der Waals surface area contributed by atoms with Gasteiger partial charge < -0.3 is 5.32 Å². The minimum Gasteiger partial charge on any atom is -0.322 e. The van der Waals surface area contributed by atoms with Crippen LogP contribution in [0.4, 0.5) is 5.69 Å². The standard InChI is InChI=1S/C14H11BrClNO/c1-9-5-7-10(8-6-9)17-14(18)11-3-2-4-12(15)13(11)16/h2-8H,1H3,(H,17,18). The molecule has 0 aliphatic rings. The lowest BCUT2D eigenvalue weighted by Gasteiger charge is -2.07. The number of anilines is 1. The molecule has 0 spiro atoms. The topological polar surface area (TPSA) is 29.1 Å². The highest BCUT2D eigenvalue weighted by molar-refractivity contribution is 9.10. The largest absolute Gasteiger partial charge is 0.322 e. The fourth-order valence-electron chi connectivity index (χ4n) is 1.51. The van der Waals surface area contributed by atoms with Gasteiger partial charge in [-0.25, -0.2) is 0 Å². The molecule has 0 unspecified atom stereocenters. The molecular formula is C14H11BrClNO. The fraction of sp³-hybridized carbons (Fsp3) is 0.0714. The number of hydrogen-bond donors (Lipinski definition) is 1. The van der Waals surface area contributed by atoms with Crippen molar-refractivity contribution in [2.45, 2.75) is 6.92 Å². The highest BCUT2D eigenvalue weighted by Gasteiger charge is 2.12. The quantitative estimate of drug-likeness (QED) is 0.855. The summed E-state index contributed by atoms with van der Waals surface area (Å²) in [5, 5.41) is 3.23. The smallest absolute Gasteiger partial charge is 0.257 e. The minimum absolute atomic E-state index is 0.217. The van der Waals surface area contributed by atoms with Gasteiger partial charge in [0.1, 0.15) is 0 Å². The Morgan fingerprint density at radius 3 is 2.50 bits per heavy atom. The molecule has 92 valence electrons. The van der Waals surface area contributed by atoms with Gasteiger partial charge in [0, 0.05) is 10.2 Å². The van der Waals surface area contributed by atoms with E-state index < -0.39 is 0 Å². The molecule has 2 aromatic carbocycles. The zero-order valence-electron chi connectivity index (χ0n) is 9.71. The molecule has 0 heterocycles. The zero-order chi connectivity index (χ0) is 13.1. The van der Waals surface area contributed by atoms with E-state index in [0.717, 1.165) is 11.3 Å². The number of carbonyl (C=O) groups excluding carboxylic acids is 1. The lowest BCUT2D eigenvalue weighted by Crippen LogP contribution is -2.12. The third kappa shape index (κ3) is 2.92. The number of benzene rings is 2. The number of rotatable bonds is 2. The molecule has 0 aromatic heterocycles. The normalized spacial score (nSPS) is 10.2. The highest BCUT2D eigenvalue weighted by Crippen LogP contribution is 2.26. The molecule has 2 rings (SSSR count). The van der Waals surface area contributed by atoms with Gasteiger partial charge in [0.2, 0.25) is 0 Å². The van der Waals surface area contributed by atoms with Crippen molar-refractivity contribution < 1.29 is 4.79 Å². The van der Waals surface area contributed by atoms with E-state index in [1.165, 1.54) is 0 Å². The van der Waals surface area contributed by atoms with Crippen LogP contribution in [0.5, 0.6) is 0 Å². The van der Waals surface area contributed by atoms with Crippen LogP contribution in [0, 0.1) is 6.92 Å². The van der Waals surface area contributed by atoms with Crippen LogP contribution in [0.15, 0.2) is 46.9 Å². The van der Waals surface area contributed by atoms with Crippen molar-refractivity contribution in [3.63, 3.8) is 0 Å². The van der Waals surface area contributed by atoms with Gasteiger partial charge in [-0.2, -0.15) is 0 Å². The Hall–Kier alpha value is -1.32. The van der Waals surface area contributed by atoms with Crippen molar-refractivity contribution in [3.8, 4) is 0 Å². The first-order valence-electron chi connectivity index (χ1n) is 5.40. The minimum atomic E-state index is -0.217. The summed E-state index contributed by atoms with van der Waals surface area (Å²) in [5.74, 6) is -0.217. The predicted molar refractivity (Wildman–Crippen MR) is 78.3 cm³/mol. The molecule has 2 nitrogen and oxygen atoms in total. The van der Waals surface area contributed by atoms with Crippen LogP contribution in [0.25, 0.3) is 0 Å². The molecule has 1 N–H and O–H groups in total. The molecule has 0 aliphatic carbocycles. The average molecular weight is 325 g/mol. The number of halogens is 2. The van der Waals surface area contributed by atoms with Gasteiger partial charge in [-0.1, -0.05) is 35.4 Å². The number of aryl methyl sites for hydroxylation is 1. The van der Waals surface area contributed by atoms with Gasteiger partial charge in [-0.15, -0.1) is 0 Å². The van der Waals surface area contributed by atoms with E-state index in [0.29, 0.717) is 15.1 Å². The van der Waals surface area contributed by atoms with Crippen LogP contribution in [0.1, 0.15) is 15.9 Å². The second-order valence-corrected chi connectivity index (χ2v) is 5.15. The molecule has 0 atom stereocenters. The molecule has 0 saturated heterocycles. The maximum Gasteiger partial charge on any atom is 0.257 e. The Balaban J connectivity index is 2.22. The molecule has 0 saturated carbocycles. The second kappa shape index (κ2) is 5.55. The fourth-order valence-corrected chi connectivity index (χ4v) is 2.09. The van der Waals surface area contributed by atoms with Crippen molar-refractivity contribution in [2.75, 3.05) is 5.32 Å². The monoisotopic (exact) mass is 323 g/mol. The van der Waals surface area contributed by atoms with E-state index in [1.54, 1.807) is 18.2 Å². The first kappa shape index (κ1) is 13.1. The SMILES string of the molecule is Cc1ccc(NC(=O)c2cccc(Br)c2Cl)cc1. The number of nitrogens with one attached hydrogen (secondary N) is 1. The van der Waals surface area contributed by atoms with Crippen LogP contribution in [0.2, 0.25) is 5.02 Å². The highest BCUT2D eigenvalue weighted by atomic mass is 79.9. The molecule has 18 heavy (non-hydrogen) atoms. The summed E-state index contributed by atoms with van der Waals surface area (Å²) in [4.78, 5) is 12.1. The van der Waals surface area contributed by atoms with Gasteiger partial charge in [0.15, 0.2) is 0 Å². The molecule has 2 aromatic rings. The van der Waals surface area contributed by atoms with Crippen LogP contribution in [-0.2, 0) is 0 Å². The zero-order valence-corrected chi connectivity index (χ0v) is 12.0. The molecule has 0 radical (unpaired) electrons. The molecule has 1 amide bonds. The summed E-state index contributed by atoms with van der Waals surface area (Å²) in [7, 11) is 0. The lowest BCUT2D eigenvalue weighted by atomic mass is 10.2. The molecule has 4 heteroatoms. The summed E-state index contributed by atoms with van der Waals surface area (Å²) in [6, 6.07) is 12.9. The van der Waals surface area contributed by atoms with Crippen LogP contribution in [-0.4, -0.2) is 5.91 Å². The average Bonchev–Trinajstić information content (AvgIpc) is 2.35. The summed E-state index contributed by atoms with van der Waals surface area (Å²) < 4.78 is 0.709. The van der Waals surface area contributed by atoms with Gasteiger partial charge in [-0.05, 0) is 47.1 Å². The van der Waals surface area contributed by atoms with Gasteiger partial charge >= 0.3 is 0 Å². The Morgan fingerprint density at radius 1 is 1.17 bits per heavy atom.